The highest BCUT2D eigenvalue weighted by molar-refractivity contribution is 4.75. The molecular weight excluding hydrogens is 212 g/mol. The Balaban J connectivity index is 1.58. The quantitative estimate of drug-likeness (QED) is 0.806. The second kappa shape index (κ2) is 6.77. The molecule has 0 aliphatic carbocycles. The summed E-state index contributed by atoms with van der Waals surface area (Å²) < 4.78 is 2.15. The maximum atomic E-state index is 4.05. The molecule has 96 valence electrons. The van der Waals surface area contributed by atoms with Gasteiger partial charge in [-0.15, -0.1) is 0 Å². The monoisotopic (exact) mass is 236 g/mol. The van der Waals surface area contributed by atoms with Crippen molar-refractivity contribution in [3.8, 4) is 0 Å². The van der Waals surface area contributed by atoms with E-state index in [-0.39, 0.29) is 0 Å². The molecule has 1 fully saturated rings. The van der Waals surface area contributed by atoms with Crippen LogP contribution in [0.4, 0.5) is 0 Å². The van der Waals surface area contributed by atoms with Crippen molar-refractivity contribution >= 4 is 0 Å². The van der Waals surface area contributed by atoms with Crippen LogP contribution in [0.25, 0.3) is 0 Å². The van der Waals surface area contributed by atoms with Crippen LogP contribution in [0.1, 0.15) is 19.3 Å². The largest absolute Gasteiger partial charge is 0.337 e. The van der Waals surface area contributed by atoms with Gasteiger partial charge in [-0.25, -0.2) is 4.98 Å². The maximum Gasteiger partial charge on any atom is 0.0945 e. The summed E-state index contributed by atoms with van der Waals surface area (Å²) in [6, 6.07) is 0. The van der Waals surface area contributed by atoms with E-state index >= 15 is 0 Å². The standard InChI is InChI=1S/C13H24N4/c1-16(11-13-4-2-5-14-10-13)7-3-8-17-9-6-15-12-17/h6,9,12-14H,2-5,7-8,10-11H2,1H3. The second-order valence-electron chi connectivity index (χ2n) is 5.13. The molecule has 1 atom stereocenters. The predicted octanol–water partition coefficient (Wildman–Crippen LogP) is 1.20. The van der Waals surface area contributed by atoms with Gasteiger partial charge >= 0.3 is 0 Å². The van der Waals surface area contributed by atoms with Crippen LogP contribution in [0.5, 0.6) is 0 Å². The van der Waals surface area contributed by atoms with E-state index in [4.69, 9.17) is 0 Å². The van der Waals surface area contributed by atoms with Gasteiger partial charge in [-0.05, 0) is 51.9 Å². The van der Waals surface area contributed by atoms with Crippen molar-refractivity contribution in [2.45, 2.75) is 25.8 Å². The molecule has 0 radical (unpaired) electrons. The summed E-state index contributed by atoms with van der Waals surface area (Å²) in [7, 11) is 2.24. The molecule has 0 amide bonds. The number of piperidine rings is 1. The van der Waals surface area contributed by atoms with E-state index in [1.807, 2.05) is 18.7 Å². The normalized spacial score (nSPS) is 20.9. The third-order valence-electron chi connectivity index (χ3n) is 3.48. The highest BCUT2D eigenvalue weighted by Gasteiger charge is 2.14. The molecule has 0 spiro atoms. The molecule has 4 nitrogen and oxygen atoms in total. The van der Waals surface area contributed by atoms with Crippen molar-refractivity contribution in [1.82, 2.24) is 19.8 Å². The van der Waals surface area contributed by atoms with Gasteiger partial charge in [-0.1, -0.05) is 0 Å². The number of hydrogen-bond donors (Lipinski definition) is 1. The van der Waals surface area contributed by atoms with Gasteiger partial charge in [0.25, 0.3) is 0 Å². The molecule has 1 aromatic heterocycles. The SMILES string of the molecule is CN(CCCn1ccnc1)CC1CCCNC1. The van der Waals surface area contributed by atoms with Crippen molar-refractivity contribution < 1.29 is 0 Å². The van der Waals surface area contributed by atoms with E-state index in [1.165, 1.54) is 45.4 Å². The third kappa shape index (κ3) is 4.48. The fourth-order valence-corrected chi connectivity index (χ4v) is 2.55. The Labute approximate surface area is 104 Å². The molecule has 1 aliphatic heterocycles. The number of nitrogens with zero attached hydrogens (tertiary/aromatic N) is 3. The first kappa shape index (κ1) is 12.6. The summed E-state index contributed by atoms with van der Waals surface area (Å²) in [6.07, 6.45) is 9.70. The highest BCUT2D eigenvalue weighted by Crippen LogP contribution is 2.11. The first-order valence-electron chi connectivity index (χ1n) is 6.69. The molecule has 0 aromatic carbocycles. The van der Waals surface area contributed by atoms with Crippen LogP contribution in [0, 0.1) is 5.92 Å². The fourth-order valence-electron chi connectivity index (χ4n) is 2.55. The maximum absolute atomic E-state index is 4.05. The minimum absolute atomic E-state index is 0.849. The lowest BCUT2D eigenvalue weighted by Crippen LogP contribution is -2.37. The van der Waals surface area contributed by atoms with Crippen LogP contribution < -0.4 is 5.32 Å². The minimum Gasteiger partial charge on any atom is -0.337 e. The molecule has 1 saturated heterocycles. The molecule has 0 saturated carbocycles. The van der Waals surface area contributed by atoms with Gasteiger partial charge in [0.2, 0.25) is 0 Å². The molecular formula is C13H24N4. The Morgan fingerprint density at radius 2 is 2.47 bits per heavy atom. The van der Waals surface area contributed by atoms with Crippen molar-refractivity contribution in [3.63, 3.8) is 0 Å². The van der Waals surface area contributed by atoms with Crippen molar-refractivity contribution in [1.29, 1.82) is 0 Å². The number of aryl methyl sites for hydroxylation is 1. The van der Waals surface area contributed by atoms with E-state index in [0.29, 0.717) is 0 Å². The second-order valence-corrected chi connectivity index (χ2v) is 5.13. The summed E-state index contributed by atoms with van der Waals surface area (Å²) in [5.74, 6) is 0.849. The highest BCUT2D eigenvalue weighted by atomic mass is 15.1. The first-order chi connectivity index (χ1) is 8.34. The molecule has 1 N–H and O–H groups in total. The molecule has 1 unspecified atom stereocenters. The summed E-state index contributed by atoms with van der Waals surface area (Å²) >= 11 is 0. The van der Waals surface area contributed by atoms with Crippen LogP contribution in [-0.2, 0) is 6.54 Å². The molecule has 2 heterocycles. The summed E-state index contributed by atoms with van der Waals surface area (Å²) in [6.45, 7) is 5.89. The van der Waals surface area contributed by atoms with Gasteiger partial charge in [0.15, 0.2) is 0 Å². The van der Waals surface area contributed by atoms with E-state index < -0.39 is 0 Å². The number of aromatic nitrogens is 2. The van der Waals surface area contributed by atoms with Crippen molar-refractivity contribution in [2.24, 2.45) is 5.92 Å². The van der Waals surface area contributed by atoms with Gasteiger partial charge in [-0.2, -0.15) is 0 Å². The topological polar surface area (TPSA) is 33.1 Å². The van der Waals surface area contributed by atoms with Gasteiger partial charge in [0.1, 0.15) is 0 Å². The van der Waals surface area contributed by atoms with Crippen molar-refractivity contribution in [2.75, 3.05) is 33.2 Å². The van der Waals surface area contributed by atoms with E-state index in [9.17, 15) is 0 Å². The average Bonchev–Trinajstić information content (AvgIpc) is 2.83. The summed E-state index contributed by atoms with van der Waals surface area (Å²) in [5, 5.41) is 3.48. The van der Waals surface area contributed by atoms with Crippen LogP contribution >= 0.6 is 0 Å². The van der Waals surface area contributed by atoms with Crippen LogP contribution in [0.15, 0.2) is 18.7 Å². The molecule has 2 rings (SSSR count). The van der Waals surface area contributed by atoms with Gasteiger partial charge in [0.05, 0.1) is 6.33 Å². The fraction of sp³-hybridized carbons (Fsp3) is 0.769. The zero-order valence-corrected chi connectivity index (χ0v) is 10.8. The third-order valence-corrected chi connectivity index (χ3v) is 3.48. The van der Waals surface area contributed by atoms with Crippen LogP contribution in [-0.4, -0.2) is 47.7 Å². The van der Waals surface area contributed by atoms with E-state index in [1.54, 1.807) is 0 Å². The smallest absolute Gasteiger partial charge is 0.0945 e. The molecule has 17 heavy (non-hydrogen) atoms. The van der Waals surface area contributed by atoms with Crippen molar-refractivity contribution in [3.05, 3.63) is 18.7 Å². The zero-order chi connectivity index (χ0) is 11.9. The minimum atomic E-state index is 0.849. The lowest BCUT2D eigenvalue weighted by molar-refractivity contribution is 0.238. The predicted molar refractivity (Wildman–Crippen MR) is 69.9 cm³/mol. The van der Waals surface area contributed by atoms with Crippen LogP contribution in [0.3, 0.4) is 0 Å². The summed E-state index contributed by atoms with van der Waals surface area (Å²) in [5.41, 5.74) is 0. The molecule has 1 aromatic rings. The van der Waals surface area contributed by atoms with Gasteiger partial charge in [0, 0.05) is 25.5 Å². The Kier molecular flexibility index (Phi) is 5.01. The Bertz CT molecular complexity index is 290. The van der Waals surface area contributed by atoms with Gasteiger partial charge in [-0.3, -0.25) is 0 Å². The first-order valence-corrected chi connectivity index (χ1v) is 6.69. The van der Waals surface area contributed by atoms with Gasteiger partial charge < -0.3 is 14.8 Å². The lowest BCUT2D eigenvalue weighted by Gasteiger charge is -2.27. The Hall–Kier alpha value is -0.870. The molecule has 0 bridgehead atoms. The molecule has 4 heteroatoms. The van der Waals surface area contributed by atoms with Crippen LogP contribution in [0.2, 0.25) is 0 Å². The summed E-state index contributed by atoms with van der Waals surface area (Å²) in [4.78, 5) is 6.52. The number of nitrogens with one attached hydrogen (secondary N) is 1. The zero-order valence-electron chi connectivity index (χ0n) is 10.8. The number of imidazole rings is 1. The Morgan fingerprint density at radius 1 is 1.53 bits per heavy atom. The number of hydrogen-bond acceptors (Lipinski definition) is 3. The van der Waals surface area contributed by atoms with E-state index in [0.717, 1.165) is 12.5 Å². The lowest BCUT2D eigenvalue weighted by atomic mass is 9.99. The number of rotatable bonds is 6. The van der Waals surface area contributed by atoms with E-state index in [2.05, 4.69) is 26.8 Å². The molecule has 1 aliphatic rings. The average molecular weight is 236 g/mol. The Morgan fingerprint density at radius 3 is 3.18 bits per heavy atom.